The summed E-state index contributed by atoms with van der Waals surface area (Å²) < 4.78 is 4.68. The molecule has 0 aliphatic carbocycles. The highest BCUT2D eigenvalue weighted by atomic mass is 16.5. The van der Waals surface area contributed by atoms with Crippen LogP contribution in [-0.4, -0.2) is 35.0 Å². The fraction of sp³-hybridized carbons (Fsp3) is 0.800. The first-order valence-corrected chi connectivity index (χ1v) is 2.74. The standard InChI is InChI=1S/C5H8O4/c6-3-1-2-9-4(3)5(7)8/h3-4,6H,1-2H2,(H,7,8). The average Bonchev–Trinajstić information content (AvgIpc) is 2.13. The third-order valence-corrected chi connectivity index (χ3v) is 1.30. The van der Waals surface area contributed by atoms with E-state index in [1.54, 1.807) is 0 Å². The quantitative estimate of drug-likeness (QED) is 0.491. The predicted octanol–water partition coefficient (Wildman–Crippen LogP) is -0.779. The predicted molar refractivity (Wildman–Crippen MR) is 28.0 cm³/mol. The van der Waals surface area contributed by atoms with E-state index in [4.69, 9.17) is 10.2 Å². The molecule has 0 aromatic heterocycles. The van der Waals surface area contributed by atoms with E-state index in [2.05, 4.69) is 4.74 Å². The van der Waals surface area contributed by atoms with Crippen LogP contribution in [0.3, 0.4) is 0 Å². The zero-order chi connectivity index (χ0) is 6.85. The molecule has 0 spiro atoms. The minimum atomic E-state index is -1.08. The number of carbonyl (C=O) groups is 1. The van der Waals surface area contributed by atoms with Crippen molar-refractivity contribution in [2.24, 2.45) is 0 Å². The summed E-state index contributed by atoms with van der Waals surface area (Å²) in [4.78, 5) is 10.1. The zero-order valence-electron chi connectivity index (χ0n) is 4.78. The maximum Gasteiger partial charge on any atom is 0.335 e. The molecule has 1 aliphatic rings. The zero-order valence-corrected chi connectivity index (χ0v) is 4.78. The molecule has 1 heterocycles. The van der Waals surface area contributed by atoms with Gasteiger partial charge >= 0.3 is 5.97 Å². The van der Waals surface area contributed by atoms with Gasteiger partial charge < -0.3 is 14.9 Å². The van der Waals surface area contributed by atoms with Gasteiger partial charge in [0.2, 0.25) is 0 Å². The van der Waals surface area contributed by atoms with Crippen LogP contribution in [0.25, 0.3) is 0 Å². The molecule has 2 unspecified atom stereocenters. The highest BCUT2D eigenvalue weighted by Gasteiger charge is 2.32. The van der Waals surface area contributed by atoms with Crippen molar-refractivity contribution in [3.63, 3.8) is 0 Å². The molecule has 1 saturated heterocycles. The van der Waals surface area contributed by atoms with Gasteiger partial charge in [-0.1, -0.05) is 0 Å². The largest absolute Gasteiger partial charge is 0.479 e. The number of hydrogen-bond acceptors (Lipinski definition) is 3. The van der Waals surface area contributed by atoms with Crippen molar-refractivity contribution in [3.05, 3.63) is 0 Å². The second-order valence-electron chi connectivity index (χ2n) is 1.99. The summed E-state index contributed by atoms with van der Waals surface area (Å²) in [5.74, 6) is -1.08. The lowest BCUT2D eigenvalue weighted by atomic mass is 10.2. The maximum absolute atomic E-state index is 10.1. The summed E-state index contributed by atoms with van der Waals surface area (Å²) in [6.45, 7) is 0.345. The van der Waals surface area contributed by atoms with Crippen molar-refractivity contribution < 1.29 is 19.7 Å². The molecule has 4 heteroatoms. The first kappa shape index (κ1) is 6.51. The number of hydrogen-bond donors (Lipinski definition) is 2. The van der Waals surface area contributed by atoms with Crippen molar-refractivity contribution in [2.75, 3.05) is 6.61 Å². The molecule has 2 N–H and O–H groups in total. The summed E-state index contributed by atoms with van der Waals surface area (Å²) in [5.41, 5.74) is 0. The van der Waals surface area contributed by atoms with E-state index in [9.17, 15) is 4.79 Å². The summed E-state index contributed by atoms with van der Waals surface area (Å²) in [6.07, 6.45) is -1.38. The van der Waals surface area contributed by atoms with Gasteiger partial charge in [0.05, 0.1) is 12.7 Å². The number of aliphatic carboxylic acids is 1. The molecule has 0 radical (unpaired) electrons. The Labute approximate surface area is 52.1 Å². The number of ether oxygens (including phenoxy) is 1. The van der Waals surface area contributed by atoms with E-state index in [1.807, 2.05) is 0 Å². The van der Waals surface area contributed by atoms with Crippen LogP contribution in [0.4, 0.5) is 0 Å². The Bertz CT molecular complexity index is 122. The van der Waals surface area contributed by atoms with Gasteiger partial charge in [0.25, 0.3) is 0 Å². The van der Waals surface area contributed by atoms with E-state index >= 15 is 0 Å². The third-order valence-electron chi connectivity index (χ3n) is 1.30. The van der Waals surface area contributed by atoms with Crippen LogP contribution in [0.5, 0.6) is 0 Å². The second kappa shape index (κ2) is 2.33. The Morgan fingerprint density at radius 3 is 2.56 bits per heavy atom. The highest BCUT2D eigenvalue weighted by molar-refractivity contribution is 5.73. The van der Waals surface area contributed by atoms with Crippen molar-refractivity contribution in [3.8, 4) is 0 Å². The van der Waals surface area contributed by atoms with E-state index in [0.29, 0.717) is 13.0 Å². The van der Waals surface area contributed by atoms with Crippen LogP contribution in [-0.2, 0) is 9.53 Å². The molecular formula is C5H8O4. The maximum atomic E-state index is 10.1. The van der Waals surface area contributed by atoms with Crippen molar-refractivity contribution in [1.29, 1.82) is 0 Å². The lowest BCUT2D eigenvalue weighted by molar-refractivity contribution is -0.151. The highest BCUT2D eigenvalue weighted by Crippen LogP contribution is 2.12. The summed E-state index contributed by atoms with van der Waals surface area (Å²) in [6, 6.07) is 0. The number of carboxylic acids is 1. The number of carboxylic acid groups (broad SMARTS) is 1. The van der Waals surface area contributed by atoms with E-state index in [-0.39, 0.29) is 0 Å². The van der Waals surface area contributed by atoms with Crippen LogP contribution in [0.15, 0.2) is 0 Å². The van der Waals surface area contributed by atoms with Gasteiger partial charge in [0.1, 0.15) is 0 Å². The molecule has 9 heavy (non-hydrogen) atoms. The molecule has 4 nitrogen and oxygen atoms in total. The SMILES string of the molecule is O=C(O)C1OCCC1O. The van der Waals surface area contributed by atoms with Gasteiger partial charge in [-0.25, -0.2) is 4.79 Å². The van der Waals surface area contributed by atoms with Crippen LogP contribution in [0.2, 0.25) is 0 Å². The molecule has 1 rings (SSSR count). The normalized spacial score (nSPS) is 34.8. The van der Waals surface area contributed by atoms with Gasteiger partial charge in [0.15, 0.2) is 6.10 Å². The Balaban J connectivity index is 2.49. The molecule has 1 fully saturated rings. The van der Waals surface area contributed by atoms with Gasteiger partial charge in [-0.05, 0) is 6.42 Å². The summed E-state index contributed by atoms with van der Waals surface area (Å²) >= 11 is 0. The Kier molecular flexibility index (Phi) is 1.68. The second-order valence-corrected chi connectivity index (χ2v) is 1.99. The fourth-order valence-corrected chi connectivity index (χ4v) is 0.814. The molecule has 1 aliphatic heterocycles. The van der Waals surface area contributed by atoms with E-state index in [1.165, 1.54) is 0 Å². The molecule has 0 amide bonds. The van der Waals surface area contributed by atoms with E-state index < -0.39 is 18.2 Å². The Morgan fingerprint density at radius 1 is 1.67 bits per heavy atom. The summed E-state index contributed by atoms with van der Waals surface area (Å²) in [7, 11) is 0. The average molecular weight is 132 g/mol. The van der Waals surface area contributed by atoms with Crippen molar-refractivity contribution in [2.45, 2.75) is 18.6 Å². The van der Waals surface area contributed by atoms with Gasteiger partial charge in [-0.2, -0.15) is 0 Å². The molecule has 0 aromatic carbocycles. The lowest BCUT2D eigenvalue weighted by Gasteiger charge is -2.05. The number of aliphatic hydroxyl groups excluding tert-OH is 1. The molecule has 0 saturated carbocycles. The fourth-order valence-electron chi connectivity index (χ4n) is 0.814. The number of rotatable bonds is 1. The van der Waals surface area contributed by atoms with E-state index in [0.717, 1.165) is 0 Å². The van der Waals surface area contributed by atoms with Crippen LogP contribution >= 0.6 is 0 Å². The Morgan fingerprint density at radius 2 is 2.33 bits per heavy atom. The molecule has 0 bridgehead atoms. The molecule has 0 aromatic rings. The summed E-state index contributed by atoms with van der Waals surface area (Å²) in [5, 5.41) is 17.2. The molecule has 52 valence electrons. The van der Waals surface area contributed by atoms with Gasteiger partial charge in [0, 0.05) is 0 Å². The van der Waals surface area contributed by atoms with Crippen LogP contribution < -0.4 is 0 Å². The first-order valence-electron chi connectivity index (χ1n) is 2.74. The topological polar surface area (TPSA) is 66.8 Å². The van der Waals surface area contributed by atoms with Crippen molar-refractivity contribution in [1.82, 2.24) is 0 Å². The minimum absolute atomic E-state index is 0.345. The molecular weight excluding hydrogens is 124 g/mol. The van der Waals surface area contributed by atoms with Gasteiger partial charge in [-0.15, -0.1) is 0 Å². The minimum Gasteiger partial charge on any atom is -0.479 e. The first-order chi connectivity index (χ1) is 4.22. The smallest absolute Gasteiger partial charge is 0.335 e. The van der Waals surface area contributed by atoms with Crippen molar-refractivity contribution >= 4 is 5.97 Å². The monoisotopic (exact) mass is 132 g/mol. The third kappa shape index (κ3) is 1.20. The van der Waals surface area contributed by atoms with Gasteiger partial charge in [-0.3, -0.25) is 0 Å². The molecule has 2 atom stereocenters. The number of aliphatic hydroxyl groups is 1. The lowest BCUT2D eigenvalue weighted by Crippen LogP contribution is -2.29. The Hall–Kier alpha value is -0.610. The van der Waals surface area contributed by atoms with Crippen LogP contribution in [0, 0.1) is 0 Å². The van der Waals surface area contributed by atoms with Crippen LogP contribution in [0.1, 0.15) is 6.42 Å².